The van der Waals surface area contributed by atoms with E-state index in [2.05, 4.69) is 13.0 Å². The standard InChI is InChI=1S/C14H24Se/c1-2-3-9-15-14-8-6-4-5-7-12-10-13(12)11-14/h11-13H,2-10H2,1H3/b14-11+/t12-,13+/m0/s1. The summed E-state index contributed by atoms with van der Waals surface area (Å²) >= 11 is 0.841. The average Bonchev–Trinajstić information content (AvgIpc) is 2.95. The van der Waals surface area contributed by atoms with Gasteiger partial charge in [0.2, 0.25) is 0 Å². The summed E-state index contributed by atoms with van der Waals surface area (Å²) in [6, 6.07) is 0. The molecule has 0 aromatic rings. The number of hydrogen-bond acceptors (Lipinski definition) is 0. The molecule has 0 aliphatic heterocycles. The van der Waals surface area contributed by atoms with Crippen LogP contribution >= 0.6 is 0 Å². The van der Waals surface area contributed by atoms with E-state index in [1.165, 1.54) is 56.7 Å². The molecule has 86 valence electrons. The quantitative estimate of drug-likeness (QED) is 0.525. The van der Waals surface area contributed by atoms with Gasteiger partial charge < -0.3 is 0 Å². The Morgan fingerprint density at radius 3 is 3.13 bits per heavy atom. The summed E-state index contributed by atoms with van der Waals surface area (Å²) in [5.74, 6) is 2.11. The first-order valence-electron chi connectivity index (χ1n) is 6.73. The second-order valence-electron chi connectivity index (χ2n) is 5.09. The van der Waals surface area contributed by atoms with Crippen molar-refractivity contribution in [3.63, 3.8) is 0 Å². The zero-order valence-electron chi connectivity index (χ0n) is 10.0. The summed E-state index contributed by atoms with van der Waals surface area (Å²) in [5, 5.41) is 1.49. The first-order chi connectivity index (χ1) is 7.40. The van der Waals surface area contributed by atoms with Crippen LogP contribution in [-0.4, -0.2) is 15.0 Å². The maximum atomic E-state index is 2.69. The predicted octanol–water partition coefficient (Wildman–Crippen LogP) is 4.39. The summed E-state index contributed by atoms with van der Waals surface area (Å²) in [5.41, 5.74) is 0. The third-order valence-electron chi connectivity index (χ3n) is 3.66. The number of hydrogen-bond donors (Lipinski definition) is 0. The molecule has 0 aromatic heterocycles. The molecule has 1 fully saturated rings. The van der Waals surface area contributed by atoms with Crippen LogP contribution in [0, 0.1) is 11.8 Å². The van der Waals surface area contributed by atoms with Gasteiger partial charge >= 0.3 is 101 Å². The van der Waals surface area contributed by atoms with Gasteiger partial charge in [0.15, 0.2) is 0 Å². The summed E-state index contributed by atoms with van der Waals surface area (Å²) in [6.07, 6.45) is 14.5. The Balaban J connectivity index is 1.80. The second kappa shape index (κ2) is 6.11. The Bertz CT molecular complexity index is 219. The van der Waals surface area contributed by atoms with Gasteiger partial charge in [-0.05, 0) is 0 Å². The molecule has 0 nitrogen and oxygen atoms in total. The van der Waals surface area contributed by atoms with Crippen molar-refractivity contribution in [1.82, 2.24) is 0 Å². The summed E-state index contributed by atoms with van der Waals surface area (Å²) in [7, 11) is 0. The minimum atomic E-state index is 0.841. The SMILES string of the molecule is CCCC[Se]/C1=C/[C@H]2C[C@@H]2CCCCC1. The van der Waals surface area contributed by atoms with Crippen molar-refractivity contribution in [3.05, 3.63) is 10.5 Å². The van der Waals surface area contributed by atoms with Crippen LogP contribution < -0.4 is 0 Å². The maximum absolute atomic E-state index is 2.69. The van der Waals surface area contributed by atoms with E-state index in [0.717, 1.165) is 26.8 Å². The van der Waals surface area contributed by atoms with E-state index in [9.17, 15) is 0 Å². The number of unbranched alkanes of at least 4 members (excludes halogenated alkanes) is 1. The molecular weight excluding hydrogens is 247 g/mol. The van der Waals surface area contributed by atoms with Crippen LogP contribution in [0.5, 0.6) is 0 Å². The van der Waals surface area contributed by atoms with Crippen molar-refractivity contribution in [3.8, 4) is 0 Å². The van der Waals surface area contributed by atoms with Crippen molar-refractivity contribution in [2.24, 2.45) is 11.8 Å². The molecular formula is C14H24Se. The molecule has 2 rings (SSSR count). The summed E-state index contributed by atoms with van der Waals surface area (Å²) in [6.45, 7) is 2.31. The molecule has 2 aliphatic rings. The number of fused-ring (bicyclic) bond motifs is 1. The Kier molecular flexibility index (Phi) is 4.78. The molecule has 0 heterocycles. The third-order valence-corrected chi connectivity index (χ3v) is 6.19. The van der Waals surface area contributed by atoms with Gasteiger partial charge in [-0.15, -0.1) is 0 Å². The fourth-order valence-corrected chi connectivity index (χ4v) is 5.11. The third kappa shape index (κ3) is 3.96. The topological polar surface area (TPSA) is 0 Å². The van der Waals surface area contributed by atoms with Crippen molar-refractivity contribution in [2.45, 2.75) is 63.6 Å². The zero-order chi connectivity index (χ0) is 10.5. The Hall–Kier alpha value is 0.259. The Morgan fingerprint density at radius 2 is 2.27 bits per heavy atom. The fraction of sp³-hybridized carbons (Fsp3) is 0.857. The molecule has 0 N–H and O–H groups in total. The van der Waals surface area contributed by atoms with Crippen molar-refractivity contribution in [1.29, 1.82) is 0 Å². The van der Waals surface area contributed by atoms with E-state index in [4.69, 9.17) is 0 Å². The van der Waals surface area contributed by atoms with E-state index in [1.807, 2.05) is 4.47 Å². The van der Waals surface area contributed by atoms with Gasteiger partial charge in [0.05, 0.1) is 0 Å². The molecule has 0 aromatic carbocycles. The van der Waals surface area contributed by atoms with Gasteiger partial charge in [0.25, 0.3) is 0 Å². The first kappa shape index (κ1) is 11.7. The Labute approximate surface area is 101 Å². The van der Waals surface area contributed by atoms with E-state index in [-0.39, 0.29) is 0 Å². The predicted molar refractivity (Wildman–Crippen MR) is 68.2 cm³/mol. The van der Waals surface area contributed by atoms with Crippen LogP contribution in [0.25, 0.3) is 0 Å². The van der Waals surface area contributed by atoms with Crippen LogP contribution in [0.15, 0.2) is 10.5 Å². The summed E-state index contributed by atoms with van der Waals surface area (Å²) in [4.78, 5) is 0. The molecule has 1 heteroatoms. The zero-order valence-corrected chi connectivity index (χ0v) is 11.7. The van der Waals surface area contributed by atoms with Crippen molar-refractivity contribution < 1.29 is 0 Å². The van der Waals surface area contributed by atoms with Gasteiger partial charge in [0.1, 0.15) is 0 Å². The van der Waals surface area contributed by atoms with Gasteiger partial charge in [-0.3, -0.25) is 0 Å². The molecule has 0 radical (unpaired) electrons. The van der Waals surface area contributed by atoms with Crippen molar-refractivity contribution >= 4 is 15.0 Å². The average molecular weight is 271 g/mol. The summed E-state index contributed by atoms with van der Waals surface area (Å²) < 4.78 is 1.87. The fourth-order valence-electron chi connectivity index (χ4n) is 2.48. The van der Waals surface area contributed by atoms with E-state index < -0.39 is 0 Å². The molecule has 0 saturated heterocycles. The molecule has 0 unspecified atom stereocenters. The minimum absolute atomic E-state index is 0.841. The van der Waals surface area contributed by atoms with Gasteiger partial charge in [-0.2, -0.15) is 0 Å². The molecule has 0 spiro atoms. The molecule has 2 aliphatic carbocycles. The molecule has 15 heavy (non-hydrogen) atoms. The first-order valence-corrected chi connectivity index (χ1v) is 8.80. The van der Waals surface area contributed by atoms with E-state index in [1.54, 1.807) is 0 Å². The van der Waals surface area contributed by atoms with Crippen LogP contribution in [0.2, 0.25) is 5.32 Å². The van der Waals surface area contributed by atoms with Gasteiger partial charge in [0, 0.05) is 0 Å². The van der Waals surface area contributed by atoms with Crippen LogP contribution in [0.3, 0.4) is 0 Å². The van der Waals surface area contributed by atoms with Gasteiger partial charge in [-0.25, -0.2) is 0 Å². The molecule has 0 amide bonds. The normalized spacial score (nSPS) is 34.3. The van der Waals surface area contributed by atoms with E-state index >= 15 is 0 Å². The molecule has 2 atom stereocenters. The van der Waals surface area contributed by atoms with Crippen LogP contribution in [-0.2, 0) is 0 Å². The van der Waals surface area contributed by atoms with Crippen molar-refractivity contribution in [2.75, 3.05) is 0 Å². The van der Waals surface area contributed by atoms with Gasteiger partial charge in [-0.1, -0.05) is 0 Å². The second-order valence-corrected chi connectivity index (χ2v) is 7.66. The Morgan fingerprint density at radius 1 is 1.33 bits per heavy atom. The van der Waals surface area contributed by atoms with Crippen LogP contribution in [0.1, 0.15) is 58.3 Å². The number of rotatable bonds is 4. The van der Waals surface area contributed by atoms with E-state index in [0.29, 0.717) is 0 Å². The molecule has 1 saturated carbocycles. The molecule has 0 bridgehead atoms. The number of allylic oxidation sites excluding steroid dienone is 2. The van der Waals surface area contributed by atoms with Crippen LogP contribution in [0.4, 0.5) is 0 Å². The monoisotopic (exact) mass is 272 g/mol.